The first-order valence-electron chi connectivity index (χ1n) is 6.72. The zero-order valence-electron chi connectivity index (χ0n) is 11.3. The molecular weight excluding hydrogens is 262 g/mol. The van der Waals surface area contributed by atoms with Crippen LogP contribution in [0.2, 0.25) is 0 Å². The Morgan fingerprint density at radius 1 is 1.42 bits per heavy atom. The zero-order valence-corrected chi connectivity index (χ0v) is 12.0. The molecule has 0 spiro atoms. The first-order valence-corrected chi connectivity index (χ1v) is 7.26. The second-order valence-corrected chi connectivity index (χ2v) is 5.49. The van der Waals surface area contributed by atoms with Crippen molar-refractivity contribution in [3.63, 3.8) is 0 Å². The fraction of sp³-hybridized carbons (Fsp3) is 0.571. The number of alkyl halides is 1. The second-order valence-electron chi connectivity index (χ2n) is 5.11. The summed E-state index contributed by atoms with van der Waals surface area (Å²) in [4.78, 5) is 9.23. The fourth-order valence-electron chi connectivity index (χ4n) is 2.60. The van der Waals surface area contributed by atoms with E-state index in [1.54, 1.807) is 7.11 Å². The molecule has 1 fully saturated rings. The number of imidazole rings is 1. The Hall–Kier alpha value is -1.29. The summed E-state index contributed by atoms with van der Waals surface area (Å²) in [6.07, 6.45) is 3.37. The van der Waals surface area contributed by atoms with Gasteiger partial charge in [-0.25, -0.2) is 4.98 Å². The molecule has 0 aromatic carbocycles. The van der Waals surface area contributed by atoms with E-state index >= 15 is 0 Å². The molecule has 0 bridgehead atoms. The lowest BCUT2D eigenvalue weighted by atomic mass is 10.2. The number of halogens is 1. The van der Waals surface area contributed by atoms with Crippen LogP contribution < -0.4 is 4.74 Å². The van der Waals surface area contributed by atoms with Crippen molar-refractivity contribution in [1.29, 1.82) is 0 Å². The van der Waals surface area contributed by atoms with E-state index in [4.69, 9.17) is 16.3 Å². The number of aryl methyl sites for hydroxylation is 1. The fourth-order valence-corrected chi connectivity index (χ4v) is 2.76. The number of methoxy groups -OCH3 is 1. The summed E-state index contributed by atoms with van der Waals surface area (Å²) >= 11 is 5.90. The minimum atomic E-state index is 0.433. The highest BCUT2D eigenvalue weighted by atomic mass is 35.5. The summed E-state index contributed by atoms with van der Waals surface area (Å²) in [5, 5.41) is 0. The summed E-state index contributed by atoms with van der Waals surface area (Å²) in [7, 11) is 1.64. The monoisotopic (exact) mass is 279 g/mol. The highest BCUT2D eigenvalue weighted by Gasteiger charge is 2.31. The Morgan fingerprint density at radius 2 is 2.21 bits per heavy atom. The normalized spacial score (nSPS) is 16.8. The van der Waals surface area contributed by atoms with Gasteiger partial charge in [-0.05, 0) is 31.7 Å². The molecule has 1 saturated carbocycles. The van der Waals surface area contributed by atoms with Crippen molar-refractivity contribution >= 4 is 22.8 Å². The molecule has 1 aliphatic rings. The van der Waals surface area contributed by atoms with Gasteiger partial charge < -0.3 is 9.30 Å². The molecule has 102 valence electrons. The van der Waals surface area contributed by atoms with E-state index in [9.17, 15) is 0 Å². The number of rotatable bonds is 5. The molecule has 4 nitrogen and oxygen atoms in total. The lowest BCUT2D eigenvalue weighted by molar-refractivity contribution is 0.397. The van der Waals surface area contributed by atoms with Gasteiger partial charge >= 0.3 is 0 Å². The highest BCUT2D eigenvalue weighted by molar-refractivity contribution is 6.17. The third-order valence-corrected chi connectivity index (χ3v) is 4.01. The maximum atomic E-state index is 5.90. The first-order chi connectivity index (χ1) is 9.24. The Bertz CT molecular complexity index is 592. The van der Waals surface area contributed by atoms with Crippen LogP contribution in [0.4, 0.5) is 0 Å². The van der Waals surface area contributed by atoms with Gasteiger partial charge in [-0.2, -0.15) is 4.98 Å². The molecule has 2 aromatic heterocycles. The highest BCUT2D eigenvalue weighted by Crippen LogP contribution is 2.41. The van der Waals surface area contributed by atoms with Gasteiger partial charge in [-0.15, -0.1) is 11.6 Å². The number of aromatic nitrogens is 3. The third kappa shape index (κ3) is 2.29. The van der Waals surface area contributed by atoms with Crippen LogP contribution in [0.3, 0.4) is 0 Å². The van der Waals surface area contributed by atoms with E-state index in [0.717, 1.165) is 29.3 Å². The number of ether oxygens (including phenoxy) is 1. The van der Waals surface area contributed by atoms with Gasteiger partial charge in [0, 0.05) is 24.4 Å². The van der Waals surface area contributed by atoms with Crippen molar-refractivity contribution in [3.8, 4) is 5.88 Å². The number of hydrogen-bond acceptors (Lipinski definition) is 3. The van der Waals surface area contributed by atoms with Crippen LogP contribution >= 0.6 is 11.6 Å². The molecule has 1 aliphatic carbocycles. The van der Waals surface area contributed by atoms with Crippen LogP contribution in [0.1, 0.15) is 31.6 Å². The average Bonchev–Trinajstić information content (AvgIpc) is 3.20. The smallest absolute Gasteiger partial charge is 0.215 e. The summed E-state index contributed by atoms with van der Waals surface area (Å²) < 4.78 is 7.47. The third-order valence-electron chi connectivity index (χ3n) is 3.82. The van der Waals surface area contributed by atoms with Gasteiger partial charge in [-0.1, -0.05) is 0 Å². The molecule has 2 aromatic rings. The largest absolute Gasteiger partial charge is 0.481 e. The SMILES string of the molecule is COc1ccc2nc(CCCl)n(C(C)C3CC3)c2n1. The zero-order chi connectivity index (χ0) is 13.4. The Balaban J connectivity index is 2.14. The topological polar surface area (TPSA) is 39.9 Å². The van der Waals surface area contributed by atoms with Crippen LogP contribution in [0.15, 0.2) is 12.1 Å². The van der Waals surface area contributed by atoms with Crippen molar-refractivity contribution in [2.24, 2.45) is 5.92 Å². The van der Waals surface area contributed by atoms with E-state index in [1.807, 2.05) is 12.1 Å². The maximum Gasteiger partial charge on any atom is 0.215 e. The number of hydrogen-bond donors (Lipinski definition) is 0. The van der Waals surface area contributed by atoms with Crippen molar-refractivity contribution in [3.05, 3.63) is 18.0 Å². The van der Waals surface area contributed by atoms with Crippen molar-refractivity contribution in [2.75, 3.05) is 13.0 Å². The predicted octanol–water partition coefficient (Wildman–Crippen LogP) is 3.19. The molecule has 1 unspecified atom stereocenters. The van der Waals surface area contributed by atoms with Gasteiger partial charge in [0.2, 0.25) is 5.88 Å². The van der Waals surface area contributed by atoms with Crippen LogP contribution in [0, 0.1) is 5.92 Å². The van der Waals surface area contributed by atoms with Crippen LogP contribution in [-0.2, 0) is 6.42 Å². The minimum Gasteiger partial charge on any atom is -0.481 e. The molecule has 0 saturated heterocycles. The predicted molar refractivity (Wildman–Crippen MR) is 75.9 cm³/mol. The summed E-state index contributed by atoms with van der Waals surface area (Å²) in [6.45, 7) is 2.25. The van der Waals surface area contributed by atoms with Gasteiger partial charge in [0.1, 0.15) is 11.3 Å². The molecule has 1 atom stereocenters. The van der Waals surface area contributed by atoms with E-state index in [0.29, 0.717) is 17.8 Å². The molecule has 19 heavy (non-hydrogen) atoms. The quantitative estimate of drug-likeness (QED) is 0.789. The maximum absolute atomic E-state index is 5.90. The molecule has 0 aliphatic heterocycles. The van der Waals surface area contributed by atoms with E-state index in [2.05, 4.69) is 21.5 Å². The molecule has 0 radical (unpaired) electrons. The second kappa shape index (κ2) is 5.00. The van der Waals surface area contributed by atoms with E-state index in [-0.39, 0.29) is 0 Å². The van der Waals surface area contributed by atoms with Crippen molar-refractivity contribution in [2.45, 2.75) is 32.2 Å². The molecular formula is C14H18ClN3O. The average molecular weight is 280 g/mol. The molecule has 0 N–H and O–H groups in total. The van der Waals surface area contributed by atoms with Crippen molar-refractivity contribution in [1.82, 2.24) is 14.5 Å². The van der Waals surface area contributed by atoms with Crippen LogP contribution in [0.25, 0.3) is 11.2 Å². The molecule has 5 heteroatoms. The standard InChI is InChI=1S/C14H18ClN3O/c1-9(10-3-4-10)18-12(7-8-15)16-11-5-6-13(19-2)17-14(11)18/h5-6,9-10H,3-4,7-8H2,1-2H3. The lowest BCUT2D eigenvalue weighted by Gasteiger charge is -2.16. The number of nitrogens with zero attached hydrogens (tertiary/aromatic N) is 3. The Labute approximate surface area is 117 Å². The van der Waals surface area contributed by atoms with Gasteiger partial charge in [-0.3, -0.25) is 0 Å². The number of pyridine rings is 1. The Morgan fingerprint density at radius 3 is 2.84 bits per heavy atom. The molecule has 2 heterocycles. The van der Waals surface area contributed by atoms with Gasteiger partial charge in [0.05, 0.1) is 7.11 Å². The van der Waals surface area contributed by atoms with E-state index in [1.165, 1.54) is 12.8 Å². The molecule has 0 amide bonds. The van der Waals surface area contributed by atoms with Crippen LogP contribution in [0.5, 0.6) is 5.88 Å². The lowest BCUT2D eigenvalue weighted by Crippen LogP contribution is -2.12. The van der Waals surface area contributed by atoms with Crippen LogP contribution in [-0.4, -0.2) is 27.5 Å². The van der Waals surface area contributed by atoms with E-state index < -0.39 is 0 Å². The minimum absolute atomic E-state index is 0.433. The summed E-state index contributed by atoms with van der Waals surface area (Å²) in [5.74, 6) is 3.00. The van der Waals surface area contributed by atoms with Gasteiger partial charge in [0.15, 0.2) is 5.65 Å². The van der Waals surface area contributed by atoms with Gasteiger partial charge in [0.25, 0.3) is 0 Å². The van der Waals surface area contributed by atoms with Crippen molar-refractivity contribution < 1.29 is 4.74 Å². The summed E-state index contributed by atoms with van der Waals surface area (Å²) in [5.41, 5.74) is 1.84. The number of fused-ring (bicyclic) bond motifs is 1. The molecule has 3 rings (SSSR count). The Kier molecular flexibility index (Phi) is 3.35. The summed E-state index contributed by atoms with van der Waals surface area (Å²) in [6, 6.07) is 4.25. The first kappa shape index (κ1) is 12.7.